The summed E-state index contributed by atoms with van der Waals surface area (Å²) in [5, 5.41) is 11.6. The second-order valence-corrected chi connectivity index (χ2v) is 9.12. The van der Waals surface area contributed by atoms with E-state index in [2.05, 4.69) is 22.1 Å². The summed E-state index contributed by atoms with van der Waals surface area (Å²) in [6.45, 7) is 4.65. The molecule has 10 heteroatoms. The van der Waals surface area contributed by atoms with Crippen molar-refractivity contribution in [3.63, 3.8) is 0 Å². The number of hydrogen-bond donors (Lipinski definition) is 1. The molecule has 0 bridgehead atoms. The lowest BCUT2D eigenvalue weighted by atomic mass is 10.2. The molecule has 7 nitrogen and oxygen atoms in total. The number of nitrogens with one attached hydrogen (secondary N) is 1. The number of hydrogen-bond acceptors (Lipinski definition) is 7. The third-order valence-electron chi connectivity index (χ3n) is 4.03. The SMILES string of the molecule is C=CC(c1nnc(-c2ccc(Cl)cc2)s1)S(=O)(=O)N1CCNCC1C=O. The van der Waals surface area contributed by atoms with Crippen LogP contribution in [0.5, 0.6) is 0 Å². The number of nitrogens with zero attached hydrogens (tertiary/aromatic N) is 3. The summed E-state index contributed by atoms with van der Waals surface area (Å²) in [6, 6.07) is 6.32. The lowest BCUT2D eigenvalue weighted by Gasteiger charge is -2.33. The van der Waals surface area contributed by atoms with E-state index >= 15 is 0 Å². The van der Waals surface area contributed by atoms with Gasteiger partial charge in [0.1, 0.15) is 21.6 Å². The number of aldehydes is 1. The van der Waals surface area contributed by atoms with Gasteiger partial charge in [-0.15, -0.1) is 16.8 Å². The van der Waals surface area contributed by atoms with Crippen LogP contribution in [0.1, 0.15) is 10.3 Å². The quantitative estimate of drug-likeness (QED) is 0.575. The summed E-state index contributed by atoms with van der Waals surface area (Å²) in [7, 11) is -3.83. The molecular weight excluding hydrogens is 396 g/mol. The van der Waals surface area contributed by atoms with E-state index in [0.717, 1.165) is 5.56 Å². The van der Waals surface area contributed by atoms with Crippen LogP contribution < -0.4 is 5.32 Å². The highest BCUT2D eigenvalue weighted by molar-refractivity contribution is 7.89. The summed E-state index contributed by atoms with van der Waals surface area (Å²) in [6.07, 6.45) is 1.97. The van der Waals surface area contributed by atoms with Crippen molar-refractivity contribution in [3.05, 3.63) is 47.0 Å². The Bertz CT molecular complexity index is 898. The summed E-state index contributed by atoms with van der Waals surface area (Å²) in [4.78, 5) is 11.3. The van der Waals surface area contributed by atoms with Gasteiger partial charge in [-0.2, -0.15) is 4.31 Å². The molecule has 1 fully saturated rings. The molecule has 1 aliphatic rings. The molecule has 0 radical (unpaired) electrons. The third-order valence-corrected chi connectivity index (χ3v) is 7.65. The molecule has 1 aliphatic heterocycles. The minimum atomic E-state index is -3.83. The second kappa shape index (κ2) is 7.93. The van der Waals surface area contributed by atoms with Crippen LogP contribution >= 0.6 is 22.9 Å². The minimum absolute atomic E-state index is 0.221. The number of carbonyl (C=O) groups is 1. The Labute approximate surface area is 160 Å². The highest BCUT2D eigenvalue weighted by Crippen LogP contribution is 2.33. The number of aromatic nitrogens is 2. The zero-order valence-electron chi connectivity index (χ0n) is 13.7. The number of benzene rings is 1. The number of piperazine rings is 1. The van der Waals surface area contributed by atoms with E-state index in [4.69, 9.17) is 11.6 Å². The van der Waals surface area contributed by atoms with Gasteiger partial charge in [0, 0.05) is 30.2 Å². The van der Waals surface area contributed by atoms with Crippen molar-refractivity contribution in [3.8, 4) is 10.6 Å². The average molecular weight is 413 g/mol. The highest BCUT2D eigenvalue weighted by Gasteiger charge is 2.39. The lowest BCUT2D eigenvalue weighted by molar-refractivity contribution is -0.111. The molecule has 26 heavy (non-hydrogen) atoms. The first kappa shape index (κ1) is 19.1. The fourth-order valence-electron chi connectivity index (χ4n) is 2.69. The fraction of sp³-hybridized carbons (Fsp3) is 0.312. The summed E-state index contributed by atoms with van der Waals surface area (Å²) >= 11 is 7.06. The normalized spacial score (nSPS) is 19.8. The number of sulfonamides is 1. The van der Waals surface area contributed by atoms with Gasteiger partial charge in [0.15, 0.2) is 0 Å². The van der Waals surface area contributed by atoms with Gasteiger partial charge in [-0.05, 0) is 12.1 Å². The van der Waals surface area contributed by atoms with Crippen molar-refractivity contribution in [1.29, 1.82) is 0 Å². The first-order chi connectivity index (χ1) is 12.5. The molecule has 2 atom stereocenters. The maximum Gasteiger partial charge on any atom is 0.228 e. The van der Waals surface area contributed by atoms with Gasteiger partial charge in [0.25, 0.3) is 0 Å². The molecule has 1 N–H and O–H groups in total. The molecule has 2 heterocycles. The zero-order chi connectivity index (χ0) is 18.7. The standard InChI is InChI=1S/C16H17ClN4O3S2/c1-2-14(26(23,24)21-8-7-18-9-13(21)10-22)16-20-19-15(25-16)11-3-5-12(17)6-4-11/h2-6,10,13-14,18H,1,7-9H2. The molecule has 1 aromatic heterocycles. The highest BCUT2D eigenvalue weighted by atomic mass is 35.5. The lowest BCUT2D eigenvalue weighted by Crippen LogP contribution is -2.55. The van der Waals surface area contributed by atoms with Crippen LogP contribution in [0.15, 0.2) is 36.9 Å². The van der Waals surface area contributed by atoms with Crippen LogP contribution in [0, 0.1) is 0 Å². The molecule has 2 aromatic rings. The van der Waals surface area contributed by atoms with Crippen molar-refractivity contribution in [2.75, 3.05) is 19.6 Å². The van der Waals surface area contributed by atoms with Crippen LogP contribution in [-0.2, 0) is 14.8 Å². The van der Waals surface area contributed by atoms with E-state index in [1.165, 1.54) is 21.7 Å². The van der Waals surface area contributed by atoms with E-state index in [0.29, 0.717) is 34.4 Å². The van der Waals surface area contributed by atoms with Gasteiger partial charge in [-0.1, -0.05) is 41.1 Å². The van der Waals surface area contributed by atoms with E-state index in [-0.39, 0.29) is 6.54 Å². The molecule has 2 unspecified atom stereocenters. The third kappa shape index (κ3) is 3.72. The van der Waals surface area contributed by atoms with Crippen LogP contribution in [0.2, 0.25) is 5.02 Å². The monoisotopic (exact) mass is 412 g/mol. The van der Waals surface area contributed by atoms with E-state index in [1.807, 2.05) is 0 Å². The Hall–Kier alpha value is -1.65. The van der Waals surface area contributed by atoms with Gasteiger partial charge < -0.3 is 10.1 Å². The predicted octanol–water partition coefficient (Wildman–Crippen LogP) is 1.89. The van der Waals surface area contributed by atoms with Crippen molar-refractivity contribution in [2.45, 2.75) is 11.3 Å². The van der Waals surface area contributed by atoms with Crippen LogP contribution in [0.3, 0.4) is 0 Å². The molecule has 1 saturated heterocycles. The first-order valence-corrected chi connectivity index (χ1v) is 10.6. The van der Waals surface area contributed by atoms with Crippen LogP contribution in [0.4, 0.5) is 0 Å². The van der Waals surface area contributed by atoms with E-state index in [9.17, 15) is 13.2 Å². The van der Waals surface area contributed by atoms with Gasteiger partial charge >= 0.3 is 0 Å². The zero-order valence-corrected chi connectivity index (χ0v) is 16.1. The maximum atomic E-state index is 13.1. The number of halogens is 1. The maximum absolute atomic E-state index is 13.1. The topological polar surface area (TPSA) is 92.3 Å². The Kier molecular flexibility index (Phi) is 5.83. The molecule has 0 spiro atoms. The number of rotatable bonds is 6. The Morgan fingerprint density at radius 3 is 2.73 bits per heavy atom. The average Bonchev–Trinajstić information content (AvgIpc) is 3.12. The summed E-state index contributed by atoms with van der Waals surface area (Å²) in [5.74, 6) is 0. The van der Waals surface area contributed by atoms with Crippen molar-refractivity contribution < 1.29 is 13.2 Å². The van der Waals surface area contributed by atoms with Gasteiger partial charge in [0.2, 0.25) is 10.0 Å². The first-order valence-electron chi connectivity index (χ1n) is 7.86. The van der Waals surface area contributed by atoms with Gasteiger partial charge in [-0.3, -0.25) is 0 Å². The molecule has 0 amide bonds. The van der Waals surface area contributed by atoms with Gasteiger partial charge in [0.05, 0.1) is 6.04 Å². The minimum Gasteiger partial charge on any atom is -0.313 e. The Morgan fingerprint density at radius 1 is 1.35 bits per heavy atom. The van der Waals surface area contributed by atoms with Gasteiger partial charge in [-0.25, -0.2) is 8.42 Å². The molecule has 138 valence electrons. The van der Waals surface area contributed by atoms with Crippen LogP contribution in [0.25, 0.3) is 10.6 Å². The number of carbonyl (C=O) groups excluding carboxylic acids is 1. The Morgan fingerprint density at radius 2 is 2.08 bits per heavy atom. The van der Waals surface area contributed by atoms with Crippen molar-refractivity contribution in [2.24, 2.45) is 0 Å². The molecular formula is C16H17ClN4O3S2. The fourth-order valence-corrected chi connectivity index (χ4v) is 5.84. The van der Waals surface area contributed by atoms with Crippen molar-refractivity contribution >= 4 is 39.2 Å². The molecule has 0 saturated carbocycles. The van der Waals surface area contributed by atoms with E-state index < -0.39 is 21.3 Å². The van der Waals surface area contributed by atoms with Crippen molar-refractivity contribution in [1.82, 2.24) is 19.8 Å². The largest absolute Gasteiger partial charge is 0.313 e. The molecule has 1 aromatic carbocycles. The summed E-state index contributed by atoms with van der Waals surface area (Å²) < 4.78 is 27.3. The van der Waals surface area contributed by atoms with Crippen LogP contribution in [-0.4, -0.2) is 54.9 Å². The second-order valence-electron chi connectivity index (χ2n) is 5.67. The molecule has 0 aliphatic carbocycles. The molecule has 3 rings (SSSR count). The summed E-state index contributed by atoms with van der Waals surface area (Å²) in [5.41, 5.74) is 0.798. The Balaban J connectivity index is 1.92. The predicted molar refractivity (Wildman–Crippen MR) is 102 cm³/mol. The van der Waals surface area contributed by atoms with E-state index in [1.54, 1.807) is 24.3 Å². The smallest absolute Gasteiger partial charge is 0.228 e.